The van der Waals surface area contributed by atoms with Crippen molar-refractivity contribution in [2.75, 3.05) is 26.2 Å². The summed E-state index contributed by atoms with van der Waals surface area (Å²) in [5.41, 5.74) is 2.78. The number of thiophene rings is 1. The summed E-state index contributed by atoms with van der Waals surface area (Å²) in [6.45, 7) is 5.49. The second-order valence-electron chi connectivity index (χ2n) is 8.23. The van der Waals surface area contributed by atoms with Gasteiger partial charge in [-0.25, -0.2) is 0 Å². The lowest BCUT2D eigenvalue weighted by Gasteiger charge is -2.43. The Hall–Kier alpha value is -1.20. The zero-order valence-electron chi connectivity index (χ0n) is 15.3. The number of benzene rings is 1. The van der Waals surface area contributed by atoms with Crippen molar-refractivity contribution >= 4 is 11.3 Å². The van der Waals surface area contributed by atoms with Crippen LogP contribution in [0.15, 0.2) is 41.8 Å². The minimum atomic E-state index is -0.262. The average molecular weight is 369 g/mol. The van der Waals surface area contributed by atoms with Gasteiger partial charge in [-0.2, -0.15) is 0 Å². The Kier molecular flexibility index (Phi) is 4.40. The highest BCUT2D eigenvalue weighted by Gasteiger charge is 2.54. The van der Waals surface area contributed by atoms with E-state index in [4.69, 9.17) is 0 Å². The molecule has 3 nitrogen and oxygen atoms in total. The molecule has 0 radical (unpaired) electrons. The number of aliphatic hydroxyl groups excluding tert-OH is 1. The molecule has 0 amide bonds. The first-order valence-corrected chi connectivity index (χ1v) is 10.9. The number of rotatable bonds is 3. The van der Waals surface area contributed by atoms with Crippen LogP contribution in [-0.2, 0) is 12.0 Å². The molecule has 0 unspecified atom stereocenters. The molecule has 2 saturated heterocycles. The third kappa shape index (κ3) is 2.66. The van der Waals surface area contributed by atoms with Gasteiger partial charge in [0.05, 0.1) is 12.1 Å². The second kappa shape index (κ2) is 6.75. The monoisotopic (exact) mass is 368 g/mol. The average Bonchev–Trinajstić information content (AvgIpc) is 3.40. The van der Waals surface area contributed by atoms with Crippen molar-refractivity contribution in [2.24, 2.45) is 0 Å². The molecule has 2 fully saturated rings. The molecule has 2 atom stereocenters. The number of hydrogen-bond donors (Lipinski definition) is 1. The smallest absolute Gasteiger partial charge is 0.0834 e. The van der Waals surface area contributed by atoms with Crippen LogP contribution in [0.3, 0.4) is 0 Å². The van der Waals surface area contributed by atoms with Crippen LogP contribution in [0.4, 0.5) is 0 Å². The van der Waals surface area contributed by atoms with Crippen LogP contribution >= 0.6 is 11.3 Å². The lowest BCUT2D eigenvalue weighted by atomic mass is 9.72. The Bertz CT molecular complexity index is 745. The van der Waals surface area contributed by atoms with Gasteiger partial charge in [-0.3, -0.25) is 9.80 Å². The van der Waals surface area contributed by atoms with Crippen molar-refractivity contribution in [2.45, 2.75) is 49.8 Å². The fourth-order valence-corrected chi connectivity index (χ4v) is 6.30. The van der Waals surface area contributed by atoms with Crippen molar-refractivity contribution in [3.05, 3.63) is 57.8 Å². The number of piperidine rings is 1. The predicted octanol–water partition coefficient (Wildman–Crippen LogP) is 3.79. The predicted molar refractivity (Wildman–Crippen MR) is 107 cm³/mol. The van der Waals surface area contributed by atoms with E-state index < -0.39 is 0 Å². The summed E-state index contributed by atoms with van der Waals surface area (Å²) in [5, 5.41) is 13.7. The number of nitrogens with zero attached hydrogens (tertiary/aromatic N) is 2. The van der Waals surface area contributed by atoms with Gasteiger partial charge in [0.2, 0.25) is 0 Å². The summed E-state index contributed by atoms with van der Waals surface area (Å²) in [6.07, 6.45) is 4.42. The molecule has 0 saturated carbocycles. The molecular weight excluding hydrogens is 340 g/mol. The number of aliphatic hydroxyl groups is 1. The lowest BCUT2D eigenvalue weighted by molar-refractivity contribution is -0.0103. The number of hydrogen-bond acceptors (Lipinski definition) is 4. The second-order valence-corrected chi connectivity index (χ2v) is 9.26. The van der Waals surface area contributed by atoms with Crippen LogP contribution in [0.5, 0.6) is 0 Å². The SMILES string of the molecule is O[C@@H]1[C@@H](N2CCCC2)c2ccccc2C12CCN(Cc1cccs1)CC2. The maximum Gasteiger partial charge on any atom is 0.0834 e. The molecule has 0 bridgehead atoms. The molecule has 2 aromatic rings. The van der Waals surface area contributed by atoms with Crippen LogP contribution in [-0.4, -0.2) is 47.2 Å². The van der Waals surface area contributed by atoms with Crippen molar-refractivity contribution in [3.63, 3.8) is 0 Å². The molecule has 1 N–H and O–H groups in total. The molecule has 1 aromatic carbocycles. The van der Waals surface area contributed by atoms with E-state index in [1.165, 1.54) is 28.8 Å². The summed E-state index contributed by atoms with van der Waals surface area (Å²) in [5.74, 6) is 0. The van der Waals surface area contributed by atoms with Gasteiger partial charge >= 0.3 is 0 Å². The van der Waals surface area contributed by atoms with E-state index in [9.17, 15) is 5.11 Å². The van der Waals surface area contributed by atoms with Gasteiger partial charge in [-0.15, -0.1) is 11.3 Å². The highest BCUT2D eigenvalue weighted by Crippen LogP contribution is 2.53. The maximum atomic E-state index is 11.5. The minimum Gasteiger partial charge on any atom is -0.390 e. The standard InChI is InChI=1S/C22H28N2OS/c25-21-20(24-11-3-4-12-24)18-7-1-2-8-19(18)22(21)9-13-23(14-10-22)16-17-6-5-15-26-17/h1-2,5-8,15,20-21,25H,3-4,9-14,16H2/t20-,21+/m0/s1. The lowest BCUT2D eigenvalue weighted by Crippen LogP contribution is -2.49. The molecule has 4 heteroatoms. The van der Waals surface area contributed by atoms with E-state index in [2.05, 4.69) is 51.6 Å². The van der Waals surface area contributed by atoms with Crippen LogP contribution < -0.4 is 0 Å². The third-order valence-electron chi connectivity index (χ3n) is 6.92. The first kappa shape index (κ1) is 16.9. The fraction of sp³-hybridized carbons (Fsp3) is 0.545. The van der Waals surface area contributed by atoms with E-state index >= 15 is 0 Å². The molecule has 26 heavy (non-hydrogen) atoms. The van der Waals surface area contributed by atoms with Gasteiger partial charge in [0.1, 0.15) is 0 Å². The van der Waals surface area contributed by atoms with Gasteiger partial charge < -0.3 is 5.11 Å². The van der Waals surface area contributed by atoms with E-state index in [0.29, 0.717) is 0 Å². The van der Waals surface area contributed by atoms with E-state index in [0.717, 1.165) is 45.6 Å². The number of likely N-dealkylation sites (tertiary alicyclic amines) is 2. The molecule has 1 aromatic heterocycles. The summed E-state index contributed by atoms with van der Waals surface area (Å²) in [4.78, 5) is 6.55. The zero-order valence-corrected chi connectivity index (χ0v) is 16.1. The third-order valence-corrected chi connectivity index (χ3v) is 7.78. The Morgan fingerprint density at radius 1 is 1.00 bits per heavy atom. The van der Waals surface area contributed by atoms with E-state index in [-0.39, 0.29) is 17.6 Å². The zero-order chi connectivity index (χ0) is 17.6. The maximum absolute atomic E-state index is 11.5. The van der Waals surface area contributed by atoms with Gasteiger partial charge in [0.25, 0.3) is 0 Å². The largest absolute Gasteiger partial charge is 0.390 e. The first-order valence-electron chi connectivity index (χ1n) is 10.0. The summed E-state index contributed by atoms with van der Waals surface area (Å²) >= 11 is 1.85. The molecule has 1 spiro atoms. The summed E-state index contributed by atoms with van der Waals surface area (Å²) < 4.78 is 0. The first-order chi connectivity index (χ1) is 12.8. The Morgan fingerprint density at radius 2 is 1.77 bits per heavy atom. The highest BCUT2D eigenvalue weighted by atomic mass is 32.1. The quantitative estimate of drug-likeness (QED) is 0.893. The Labute approximate surface area is 160 Å². The Morgan fingerprint density at radius 3 is 2.50 bits per heavy atom. The van der Waals surface area contributed by atoms with Gasteiger partial charge in [0, 0.05) is 16.8 Å². The van der Waals surface area contributed by atoms with Gasteiger partial charge in [0.15, 0.2) is 0 Å². The van der Waals surface area contributed by atoms with Crippen molar-refractivity contribution in [3.8, 4) is 0 Å². The van der Waals surface area contributed by atoms with Crippen molar-refractivity contribution < 1.29 is 5.11 Å². The van der Waals surface area contributed by atoms with Crippen LogP contribution in [0, 0.1) is 0 Å². The molecule has 1 aliphatic carbocycles. The van der Waals surface area contributed by atoms with Crippen LogP contribution in [0.25, 0.3) is 0 Å². The molecule has 2 aliphatic heterocycles. The molecular formula is C22H28N2OS. The fourth-order valence-electron chi connectivity index (χ4n) is 5.55. The van der Waals surface area contributed by atoms with Crippen LogP contribution in [0.2, 0.25) is 0 Å². The molecule has 3 heterocycles. The van der Waals surface area contributed by atoms with E-state index in [1.54, 1.807) is 0 Å². The molecule has 5 rings (SSSR count). The number of fused-ring (bicyclic) bond motifs is 2. The van der Waals surface area contributed by atoms with Crippen molar-refractivity contribution in [1.29, 1.82) is 0 Å². The normalized spacial score (nSPS) is 28.7. The topological polar surface area (TPSA) is 26.7 Å². The molecule has 3 aliphatic rings. The Balaban J connectivity index is 1.40. The molecule has 138 valence electrons. The minimum absolute atomic E-state index is 0.0458. The van der Waals surface area contributed by atoms with Gasteiger partial charge in [-0.1, -0.05) is 30.3 Å². The summed E-state index contributed by atoms with van der Waals surface area (Å²) in [7, 11) is 0. The summed E-state index contributed by atoms with van der Waals surface area (Å²) in [6, 6.07) is 13.5. The van der Waals surface area contributed by atoms with E-state index in [1.807, 2.05) is 11.3 Å². The highest BCUT2D eigenvalue weighted by molar-refractivity contribution is 7.09. The van der Waals surface area contributed by atoms with Gasteiger partial charge in [-0.05, 0) is 74.4 Å². The van der Waals surface area contributed by atoms with Crippen LogP contribution in [0.1, 0.15) is 47.7 Å². The van der Waals surface area contributed by atoms with Crippen molar-refractivity contribution in [1.82, 2.24) is 9.80 Å².